The highest BCUT2D eigenvalue weighted by atomic mass is 14.2. The molecule has 0 spiro atoms. The number of aryl methyl sites for hydroxylation is 8. The Labute approximate surface area is 400 Å². The average molecular weight is 871 g/mol. The molecule has 0 fully saturated rings. The second-order valence-electron chi connectivity index (χ2n) is 20.0. The minimum atomic E-state index is 1.21. The first-order valence-electron chi connectivity index (χ1n) is 24.1. The predicted molar refractivity (Wildman–Crippen MR) is 297 cm³/mol. The van der Waals surface area contributed by atoms with Crippen molar-refractivity contribution in [3.63, 3.8) is 0 Å². The third-order valence-corrected chi connectivity index (χ3v) is 14.4. The van der Waals surface area contributed by atoms with Crippen molar-refractivity contribution in [3.8, 4) is 55.6 Å². The zero-order valence-electron chi connectivity index (χ0n) is 40.3. The first-order chi connectivity index (χ1) is 32.9. The highest BCUT2D eigenvalue weighted by Crippen LogP contribution is 2.46. The minimum Gasteiger partial charge on any atom is -0.0616 e. The molecule has 0 heterocycles. The van der Waals surface area contributed by atoms with Crippen molar-refractivity contribution in [3.05, 3.63) is 226 Å². The van der Waals surface area contributed by atoms with Crippen LogP contribution < -0.4 is 0 Å². The maximum absolute atomic E-state index is 2.48. The molecule has 0 unspecified atom stereocenters. The van der Waals surface area contributed by atoms with E-state index >= 15 is 0 Å². The maximum Gasteiger partial charge on any atom is -0.00921 e. The van der Waals surface area contributed by atoms with Gasteiger partial charge in [0.15, 0.2) is 0 Å². The summed E-state index contributed by atoms with van der Waals surface area (Å²) in [5.41, 5.74) is 22.7. The molecule has 0 atom stereocenters. The van der Waals surface area contributed by atoms with Gasteiger partial charge in [0, 0.05) is 0 Å². The van der Waals surface area contributed by atoms with Crippen LogP contribution in [0.15, 0.2) is 182 Å². The summed E-state index contributed by atoms with van der Waals surface area (Å²) >= 11 is 0. The Morgan fingerprint density at radius 2 is 0.382 bits per heavy atom. The lowest BCUT2D eigenvalue weighted by molar-refractivity contribution is 1.39. The summed E-state index contributed by atoms with van der Waals surface area (Å²) in [6, 6.07) is 70.3. The third-order valence-electron chi connectivity index (χ3n) is 14.4. The lowest BCUT2D eigenvalue weighted by atomic mass is 9.85. The van der Waals surface area contributed by atoms with Crippen molar-refractivity contribution in [2.24, 2.45) is 0 Å². The first-order valence-corrected chi connectivity index (χ1v) is 24.1. The van der Waals surface area contributed by atoms with Gasteiger partial charge in [0.05, 0.1) is 0 Å². The van der Waals surface area contributed by atoms with Gasteiger partial charge in [-0.3, -0.25) is 0 Å². The van der Waals surface area contributed by atoms with Crippen LogP contribution in [0.2, 0.25) is 0 Å². The molecule has 0 aliphatic rings. The van der Waals surface area contributed by atoms with Crippen molar-refractivity contribution in [2.45, 2.75) is 55.4 Å². The Morgan fingerprint density at radius 3 is 0.662 bits per heavy atom. The van der Waals surface area contributed by atoms with E-state index in [1.807, 2.05) is 0 Å². The molecule has 0 aliphatic carbocycles. The summed E-state index contributed by atoms with van der Waals surface area (Å²) in [4.78, 5) is 0. The highest BCUT2D eigenvalue weighted by Gasteiger charge is 2.19. The number of benzene rings is 12. The molecule has 0 N–H and O–H groups in total. The molecular weight excluding hydrogens is 817 g/mol. The Hall–Kier alpha value is -7.80. The number of hydrogen-bond donors (Lipinski definition) is 0. The normalized spacial score (nSPS) is 11.8. The molecule has 12 aromatic rings. The smallest absolute Gasteiger partial charge is 0.00921 e. The minimum absolute atomic E-state index is 1.21. The molecule has 0 bridgehead atoms. The number of hydrogen-bond acceptors (Lipinski definition) is 0. The van der Waals surface area contributed by atoms with Gasteiger partial charge < -0.3 is 0 Å². The molecule has 0 heteroatoms. The lowest BCUT2D eigenvalue weighted by Gasteiger charge is -2.19. The van der Waals surface area contributed by atoms with Crippen LogP contribution in [-0.2, 0) is 0 Å². The maximum atomic E-state index is 2.48. The SMILES string of the molecule is Cc1cc(C)cc(-c2cc3c4cc(-c5ccc6c(-c7cc(C)cc(C)c7)cc7c8ccccc8c(-c8cc(C)cc(C)c8)cc7c6c5)ccc4c(-c4cc(C)cc(C)c4)cc3c3ccccc23)c1. The second-order valence-corrected chi connectivity index (χ2v) is 20.0. The van der Waals surface area contributed by atoms with Crippen LogP contribution >= 0.6 is 0 Å². The van der Waals surface area contributed by atoms with E-state index in [2.05, 4.69) is 237 Å². The summed E-state index contributed by atoms with van der Waals surface area (Å²) in [6.45, 7) is 17.7. The van der Waals surface area contributed by atoms with E-state index in [4.69, 9.17) is 0 Å². The van der Waals surface area contributed by atoms with Crippen LogP contribution in [0, 0.1) is 55.4 Å². The van der Waals surface area contributed by atoms with Crippen molar-refractivity contribution in [2.75, 3.05) is 0 Å². The van der Waals surface area contributed by atoms with Crippen molar-refractivity contribution >= 4 is 64.6 Å². The zero-order chi connectivity index (χ0) is 46.5. The molecule has 12 rings (SSSR count). The van der Waals surface area contributed by atoms with Crippen LogP contribution in [0.1, 0.15) is 44.5 Å². The molecule has 0 aromatic heterocycles. The molecule has 326 valence electrons. The lowest BCUT2D eigenvalue weighted by Crippen LogP contribution is -1.92. The monoisotopic (exact) mass is 870 g/mol. The second kappa shape index (κ2) is 15.9. The molecule has 12 aromatic carbocycles. The van der Waals surface area contributed by atoms with Crippen molar-refractivity contribution < 1.29 is 0 Å². The van der Waals surface area contributed by atoms with Gasteiger partial charge >= 0.3 is 0 Å². The third kappa shape index (κ3) is 7.06. The molecule has 68 heavy (non-hydrogen) atoms. The predicted octanol–water partition coefficient (Wildman–Crippen LogP) is 19.4. The van der Waals surface area contributed by atoms with E-state index in [1.165, 1.54) is 165 Å². The van der Waals surface area contributed by atoms with Crippen LogP contribution in [0.3, 0.4) is 0 Å². The Morgan fingerprint density at radius 1 is 0.162 bits per heavy atom. The van der Waals surface area contributed by atoms with E-state index < -0.39 is 0 Å². The quantitative estimate of drug-likeness (QED) is 0.151. The van der Waals surface area contributed by atoms with Gasteiger partial charge in [0.2, 0.25) is 0 Å². The fraction of sp³-hybridized carbons (Fsp3) is 0.118. The van der Waals surface area contributed by atoms with Gasteiger partial charge in [-0.2, -0.15) is 0 Å². The van der Waals surface area contributed by atoms with E-state index in [9.17, 15) is 0 Å². The van der Waals surface area contributed by atoms with Gasteiger partial charge in [0.1, 0.15) is 0 Å². The Bertz CT molecular complexity index is 3750. The number of fused-ring (bicyclic) bond motifs is 10. The molecule has 0 radical (unpaired) electrons. The van der Waals surface area contributed by atoms with Crippen molar-refractivity contribution in [1.29, 1.82) is 0 Å². The Kier molecular flexibility index (Phi) is 9.75. The topological polar surface area (TPSA) is 0 Å². The zero-order valence-corrected chi connectivity index (χ0v) is 40.3. The van der Waals surface area contributed by atoms with Gasteiger partial charge in [-0.05, 0) is 212 Å². The molecule has 0 aliphatic heterocycles. The molecule has 0 saturated carbocycles. The Balaban J connectivity index is 1.18. The van der Waals surface area contributed by atoms with Crippen LogP contribution in [0.25, 0.3) is 120 Å². The van der Waals surface area contributed by atoms with E-state index in [0.717, 1.165) is 0 Å². The summed E-state index contributed by atoms with van der Waals surface area (Å²) in [7, 11) is 0. The largest absolute Gasteiger partial charge is 0.0616 e. The fourth-order valence-corrected chi connectivity index (χ4v) is 11.8. The fourth-order valence-electron chi connectivity index (χ4n) is 11.8. The summed E-state index contributed by atoms with van der Waals surface area (Å²) in [6.07, 6.45) is 0. The first kappa shape index (κ1) is 41.6. The van der Waals surface area contributed by atoms with Gasteiger partial charge in [-0.1, -0.05) is 190 Å². The molecule has 0 nitrogen and oxygen atoms in total. The summed E-state index contributed by atoms with van der Waals surface area (Å²) in [5, 5.41) is 15.3. The molecular formula is C68H54. The molecule has 0 amide bonds. The van der Waals surface area contributed by atoms with Crippen LogP contribution in [0.4, 0.5) is 0 Å². The summed E-state index contributed by atoms with van der Waals surface area (Å²) in [5.74, 6) is 0. The van der Waals surface area contributed by atoms with Crippen LogP contribution in [0.5, 0.6) is 0 Å². The van der Waals surface area contributed by atoms with Crippen LogP contribution in [-0.4, -0.2) is 0 Å². The highest BCUT2D eigenvalue weighted by molar-refractivity contribution is 6.26. The molecule has 0 saturated heterocycles. The average Bonchev–Trinajstić information content (AvgIpc) is 3.31. The van der Waals surface area contributed by atoms with E-state index in [1.54, 1.807) is 0 Å². The van der Waals surface area contributed by atoms with E-state index in [0.29, 0.717) is 0 Å². The van der Waals surface area contributed by atoms with Gasteiger partial charge in [-0.25, -0.2) is 0 Å². The standard InChI is InChI=1S/C68H54/c1-39-21-40(2)26-49(25-39)59-37-67-63-33-47(17-19-57(63)61(51-29-43(5)23-44(6)30-51)35-65(67)55-15-11-9-13-53(55)59)48-18-20-58-62(52-31-45(7)24-46(8)32-52)36-66-56-16-12-10-14-54(56)60(38-68(66)64(58)34-48)50-27-41(3)22-42(4)28-50/h9-38H,1-8H3. The number of rotatable bonds is 5. The summed E-state index contributed by atoms with van der Waals surface area (Å²) < 4.78 is 0. The van der Waals surface area contributed by atoms with Gasteiger partial charge in [0.25, 0.3) is 0 Å². The van der Waals surface area contributed by atoms with E-state index in [-0.39, 0.29) is 0 Å². The van der Waals surface area contributed by atoms with Crippen molar-refractivity contribution in [1.82, 2.24) is 0 Å². The van der Waals surface area contributed by atoms with Gasteiger partial charge in [-0.15, -0.1) is 0 Å².